The Morgan fingerprint density at radius 3 is 2.52 bits per heavy atom. The average molecular weight is 350 g/mol. The zero-order valence-electron chi connectivity index (χ0n) is 13.3. The largest absolute Gasteiger partial charge is 0.243 e. The number of benzene rings is 2. The van der Waals surface area contributed by atoms with E-state index in [2.05, 4.69) is 6.92 Å². The lowest BCUT2D eigenvalue weighted by Crippen LogP contribution is -2.34. The Labute approximate surface area is 142 Å². The van der Waals surface area contributed by atoms with Crippen molar-refractivity contribution in [1.82, 2.24) is 4.31 Å². The molecule has 1 heterocycles. The molecule has 0 bridgehead atoms. The first kappa shape index (κ1) is 16.5. The Hall–Kier alpha value is -1.36. The molecular formula is C18H20ClNO2S. The minimum Gasteiger partial charge on any atom is -0.207 e. The number of nitrogens with zero attached hydrogens (tertiary/aromatic N) is 1. The molecule has 0 spiro atoms. The second kappa shape index (κ2) is 6.27. The Morgan fingerprint density at radius 2 is 1.83 bits per heavy atom. The number of rotatable bonds is 2. The minimum atomic E-state index is -3.46. The van der Waals surface area contributed by atoms with Gasteiger partial charge in [-0.2, -0.15) is 4.31 Å². The molecule has 0 unspecified atom stereocenters. The Bertz CT molecular complexity index is 815. The molecule has 0 saturated heterocycles. The molecule has 5 heteroatoms. The van der Waals surface area contributed by atoms with Crippen molar-refractivity contribution in [2.75, 3.05) is 13.1 Å². The van der Waals surface area contributed by atoms with E-state index in [1.54, 1.807) is 16.4 Å². The fourth-order valence-electron chi connectivity index (χ4n) is 3.07. The summed E-state index contributed by atoms with van der Waals surface area (Å²) in [5, 5.41) is 0.699. The van der Waals surface area contributed by atoms with Gasteiger partial charge in [-0.3, -0.25) is 0 Å². The molecule has 2 aromatic carbocycles. The topological polar surface area (TPSA) is 37.4 Å². The summed E-state index contributed by atoms with van der Waals surface area (Å²) in [4.78, 5) is 0.360. The van der Waals surface area contributed by atoms with Crippen LogP contribution in [0, 0.1) is 6.92 Å². The first-order valence-corrected chi connectivity index (χ1v) is 9.55. The molecule has 0 saturated carbocycles. The molecule has 1 atom stereocenters. The van der Waals surface area contributed by atoms with Gasteiger partial charge >= 0.3 is 0 Å². The first-order chi connectivity index (χ1) is 10.9. The highest BCUT2D eigenvalue weighted by atomic mass is 35.5. The fourth-order valence-corrected chi connectivity index (χ4v) is 4.78. The molecule has 0 N–H and O–H groups in total. The Balaban J connectivity index is 1.92. The van der Waals surface area contributed by atoms with Crippen LogP contribution >= 0.6 is 11.6 Å². The monoisotopic (exact) mass is 349 g/mol. The highest BCUT2D eigenvalue weighted by Crippen LogP contribution is 2.30. The zero-order chi connectivity index (χ0) is 16.6. The quantitative estimate of drug-likeness (QED) is 0.821. The molecule has 3 rings (SSSR count). The summed E-state index contributed by atoms with van der Waals surface area (Å²) in [6.45, 7) is 4.97. The average Bonchev–Trinajstić information content (AvgIpc) is 2.68. The second-order valence-electron chi connectivity index (χ2n) is 6.17. The predicted molar refractivity (Wildman–Crippen MR) is 93.5 cm³/mol. The maximum atomic E-state index is 12.9. The number of hydrogen-bond acceptors (Lipinski definition) is 2. The summed E-state index contributed by atoms with van der Waals surface area (Å²) in [5.41, 5.74) is 3.39. The minimum absolute atomic E-state index is 0.117. The number of fused-ring (bicyclic) bond motifs is 1. The molecular weight excluding hydrogens is 330 g/mol. The third-order valence-electron chi connectivity index (χ3n) is 4.41. The summed E-state index contributed by atoms with van der Waals surface area (Å²) in [6.07, 6.45) is 0.710. The highest BCUT2D eigenvalue weighted by Gasteiger charge is 2.29. The molecule has 1 aliphatic rings. The van der Waals surface area contributed by atoms with Crippen LogP contribution in [0.4, 0.5) is 0 Å². The maximum absolute atomic E-state index is 12.9. The summed E-state index contributed by atoms with van der Waals surface area (Å²) in [6, 6.07) is 12.9. The molecule has 0 aromatic heterocycles. The van der Waals surface area contributed by atoms with Gasteiger partial charge in [0.1, 0.15) is 0 Å². The fraction of sp³-hybridized carbons (Fsp3) is 0.333. The first-order valence-electron chi connectivity index (χ1n) is 7.73. The van der Waals surface area contributed by atoms with E-state index in [4.69, 9.17) is 11.6 Å². The van der Waals surface area contributed by atoms with Gasteiger partial charge in [0, 0.05) is 18.1 Å². The predicted octanol–water partition coefficient (Wildman–Crippen LogP) is 4.00. The summed E-state index contributed by atoms with van der Waals surface area (Å²) >= 11 is 6.10. The lowest BCUT2D eigenvalue weighted by molar-refractivity contribution is 0.406. The number of hydrogen-bond donors (Lipinski definition) is 0. The van der Waals surface area contributed by atoms with Crippen LogP contribution in [0.5, 0.6) is 0 Å². The van der Waals surface area contributed by atoms with Crippen LogP contribution in [0.3, 0.4) is 0 Å². The van der Waals surface area contributed by atoms with Gasteiger partial charge in [0.25, 0.3) is 0 Å². The third kappa shape index (κ3) is 3.30. The van der Waals surface area contributed by atoms with Gasteiger partial charge in [-0.25, -0.2) is 8.42 Å². The van der Waals surface area contributed by atoms with Crippen molar-refractivity contribution < 1.29 is 8.42 Å². The Morgan fingerprint density at radius 1 is 1.13 bits per heavy atom. The van der Waals surface area contributed by atoms with Crippen LogP contribution in [0.15, 0.2) is 47.4 Å². The van der Waals surface area contributed by atoms with Crippen molar-refractivity contribution >= 4 is 21.6 Å². The van der Waals surface area contributed by atoms with E-state index in [9.17, 15) is 8.42 Å². The standard InChI is InChI=1S/C18H20ClNO2S/c1-13-3-7-17(8-4-13)23(21,22)20-10-9-15-5-6-16(19)11-18(15)14(2)12-20/h3-8,11,14H,9-10,12H2,1-2H3/t14-/m0/s1. The number of aryl methyl sites for hydroxylation is 1. The molecule has 3 nitrogen and oxygen atoms in total. The SMILES string of the molecule is Cc1ccc(S(=O)(=O)N2CCc3ccc(Cl)cc3[C@@H](C)C2)cc1. The second-order valence-corrected chi connectivity index (χ2v) is 8.54. The van der Waals surface area contributed by atoms with Gasteiger partial charge in [0.2, 0.25) is 10.0 Å². The normalized spacial score (nSPS) is 19.2. The van der Waals surface area contributed by atoms with Crippen molar-refractivity contribution in [3.8, 4) is 0 Å². The van der Waals surface area contributed by atoms with Gasteiger partial charge in [0.05, 0.1) is 4.90 Å². The Kier molecular flexibility index (Phi) is 4.50. The van der Waals surface area contributed by atoms with Crippen LogP contribution in [0.2, 0.25) is 5.02 Å². The van der Waals surface area contributed by atoms with E-state index in [1.165, 1.54) is 5.56 Å². The van der Waals surface area contributed by atoms with Crippen molar-refractivity contribution in [2.24, 2.45) is 0 Å². The molecule has 0 fully saturated rings. The zero-order valence-corrected chi connectivity index (χ0v) is 14.9. The van der Waals surface area contributed by atoms with Gasteiger partial charge < -0.3 is 0 Å². The molecule has 0 amide bonds. The lowest BCUT2D eigenvalue weighted by atomic mass is 9.96. The summed E-state index contributed by atoms with van der Waals surface area (Å²) < 4.78 is 27.4. The van der Waals surface area contributed by atoms with Crippen molar-refractivity contribution in [3.63, 3.8) is 0 Å². The van der Waals surface area contributed by atoms with E-state index in [-0.39, 0.29) is 5.92 Å². The van der Waals surface area contributed by atoms with E-state index in [1.807, 2.05) is 37.3 Å². The van der Waals surface area contributed by atoms with Crippen LogP contribution in [-0.4, -0.2) is 25.8 Å². The molecule has 0 radical (unpaired) electrons. The smallest absolute Gasteiger partial charge is 0.207 e. The number of sulfonamides is 1. The molecule has 0 aliphatic carbocycles. The highest BCUT2D eigenvalue weighted by molar-refractivity contribution is 7.89. The van der Waals surface area contributed by atoms with Crippen molar-refractivity contribution in [1.29, 1.82) is 0 Å². The third-order valence-corrected chi connectivity index (χ3v) is 6.52. The van der Waals surface area contributed by atoms with Crippen LogP contribution < -0.4 is 0 Å². The van der Waals surface area contributed by atoms with Gasteiger partial charge in [-0.1, -0.05) is 42.3 Å². The maximum Gasteiger partial charge on any atom is 0.243 e. The van der Waals surface area contributed by atoms with Crippen LogP contribution in [0.25, 0.3) is 0 Å². The molecule has 23 heavy (non-hydrogen) atoms. The molecule has 1 aliphatic heterocycles. The van der Waals surface area contributed by atoms with Crippen LogP contribution in [-0.2, 0) is 16.4 Å². The van der Waals surface area contributed by atoms with Gasteiger partial charge in [-0.15, -0.1) is 0 Å². The molecule has 122 valence electrons. The van der Waals surface area contributed by atoms with Crippen LogP contribution in [0.1, 0.15) is 29.5 Å². The van der Waals surface area contributed by atoms with Crippen molar-refractivity contribution in [2.45, 2.75) is 31.1 Å². The van der Waals surface area contributed by atoms with E-state index < -0.39 is 10.0 Å². The van der Waals surface area contributed by atoms with Gasteiger partial charge in [-0.05, 0) is 54.7 Å². The molecule has 2 aromatic rings. The lowest BCUT2D eigenvalue weighted by Gasteiger charge is -2.22. The van der Waals surface area contributed by atoms with E-state index in [0.717, 1.165) is 11.1 Å². The summed E-state index contributed by atoms with van der Waals surface area (Å²) in [5.74, 6) is 0.117. The van der Waals surface area contributed by atoms with E-state index >= 15 is 0 Å². The van der Waals surface area contributed by atoms with Crippen molar-refractivity contribution in [3.05, 3.63) is 64.2 Å². The number of halogens is 1. The van der Waals surface area contributed by atoms with Gasteiger partial charge in [0.15, 0.2) is 0 Å². The van der Waals surface area contributed by atoms with E-state index in [0.29, 0.717) is 29.4 Å². The summed E-state index contributed by atoms with van der Waals surface area (Å²) in [7, 11) is -3.46.